The number of hydrogen-bond acceptors (Lipinski definition) is 5. The van der Waals surface area contributed by atoms with Crippen LogP contribution in [0.1, 0.15) is 29.6 Å². The molecule has 0 atom stereocenters. The van der Waals surface area contributed by atoms with E-state index in [1.807, 2.05) is 18.4 Å². The normalized spacial score (nSPS) is 12.0. The fourth-order valence-corrected chi connectivity index (χ4v) is 3.90. The van der Waals surface area contributed by atoms with Crippen molar-refractivity contribution in [3.05, 3.63) is 34.0 Å². The molecule has 0 aliphatic rings. The van der Waals surface area contributed by atoms with Crippen molar-refractivity contribution in [3.63, 3.8) is 0 Å². The molecule has 0 radical (unpaired) electrons. The monoisotopic (exact) mass is 328 g/mol. The van der Waals surface area contributed by atoms with Gasteiger partial charge in [-0.1, -0.05) is 6.92 Å². The molecule has 0 amide bonds. The van der Waals surface area contributed by atoms with E-state index in [-0.39, 0.29) is 11.4 Å². The van der Waals surface area contributed by atoms with E-state index in [1.165, 1.54) is 11.3 Å². The second-order valence-corrected chi connectivity index (χ2v) is 7.46. The van der Waals surface area contributed by atoms with Crippen LogP contribution in [-0.4, -0.2) is 18.0 Å². The number of hydrogen-bond donors (Lipinski definition) is 2. The summed E-state index contributed by atoms with van der Waals surface area (Å²) in [5.41, 5.74) is 9.06. The highest BCUT2D eigenvalue weighted by Gasteiger charge is 2.18. The van der Waals surface area contributed by atoms with Gasteiger partial charge in [-0.25, -0.2) is 18.1 Å². The molecule has 21 heavy (non-hydrogen) atoms. The van der Waals surface area contributed by atoms with Crippen molar-refractivity contribution in [1.29, 1.82) is 0 Å². The molecule has 0 aromatic carbocycles. The van der Waals surface area contributed by atoms with Crippen molar-refractivity contribution < 1.29 is 8.42 Å². The van der Waals surface area contributed by atoms with E-state index in [9.17, 15) is 8.42 Å². The zero-order valence-electron chi connectivity index (χ0n) is 12.2. The molecule has 2 aromatic rings. The lowest BCUT2D eigenvalue weighted by Gasteiger charge is -2.04. The summed E-state index contributed by atoms with van der Waals surface area (Å²) in [6.45, 7) is 5.25. The minimum atomic E-state index is -3.53. The highest BCUT2D eigenvalue weighted by molar-refractivity contribution is 7.89. The van der Waals surface area contributed by atoms with Crippen LogP contribution in [0.15, 0.2) is 22.7 Å². The number of nitrogens with two attached hydrogens (primary N) is 1. The Balaban J connectivity index is 2.17. The first kappa shape index (κ1) is 16.2. The fraction of sp³-hybridized carbons (Fsp3) is 0.462. The molecule has 2 aromatic heterocycles. The van der Waals surface area contributed by atoms with Gasteiger partial charge in [-0.15, -0.1) is 11.3 Å². The summed E-state index contributed by atoms with van der Waals surface area (Å²) in [4.78, 5) is 5.29. The minimum Gasteiger partial charge on any atom is -0.349 e. The molecule has 8 heteroatoms. The van der Waals surface area contributed by atoms with Crippen LogP contribution >= 0.6 is 11.3 Å². The highest BCUT2D eigenvalue weighted by atomic mass is 32.2. The highest BCUT2D eigenvalue weighted by Crippen LogP contribution is 2.17. The van der Waals surface area contributed by atoms with E-state index in [0.717, 1.165) is 29.2 Å². The number of sulfonamides is 1. The Morgan fingerprint density at radius 2 is 2.24 bits per heavy atom. The van der Waals surface area contributed by atoms with Crippen LogP contribution in [0.5, 0.6) is 0 Å². The average Bonchev–Trinajstić information content (AvgIpc) is 3.04. The first-order valence-electron chi connectivity index (χ1n) is 6.75. The number of nitrogens with zero attached hydrogens (tertiary/aromatic N) is 2. The molecular formula is C13H20N4O2S2. The molecule has 116 valence electrons. The summed E-state index contributed by atoms with van der Waals surface area (Å²) in [5, 5.41) is 0. The maximum atomic E-state index is 12.3. The van der Waals surface area contributed by atoms with E-state index in [2.05, 4.69) is 9.71 Å². The molecule has 0 spiro atoms. The maximum Gasteiger partial charge on any atom is 0.242 e. The standard InChI is InChI=1S/C13H20N4O2S2/c1-3-4-17-8-12(5-11(17)6-14)21(18,19)16-7-13-10(2)15-9-20-13/h5,8-9,16H,3-4,6-7,14H2,1-2H3. The topological polar surface area (TPSA) is 90.0 Å². The lowest BCUT2D eigenvalue weighted by atomic mass is 10.4. The van der Waals surface area contributed by atoms with Crippen LogP contribution in [0.3, 0.4) is 0 Å². The van der Waals surface area contributed by atoms with Crippen molar-refractivity contribution in [2.24, 2.45) is 5.73 Å². The predicted octanol–water partition coefficient (Wildman–Crippen LogP) is 1.60. The Bertz CT molecular complexity index is 704. The summed E-state index contributed by atoms with van der Waals surface area (Å²) in [7, 11) is -3.53. The van der Waals surface area contributed by atoms with Crippen LogP contribution in [0.2, 0.25) is 0 Å². The zero-order valence-corrected chi connectivity index (χ0v) is 13.8. The van der Waals surface area contributed by atoms with Gasteiger partial charge in [0.2, 0.25) is 10.0 Å². The Morgan fingerprint density at radius 1 is 1.48 bits per heavy atom. The Labute approximate surface area is 129 Å². The van der Waals surface area contributed by atoms with Gasteiger partial charge in [-0.05, 0) is 19.4 Å². The van der Waals surface area contributed by atoms with Gasteiger partial charge in [0.05, 0.1) is 16.1 Å². The first-order chi connectivity index (χ1) is 9.97. The van der Waals surface area contributed by atoms with Crippen molar-refractivity contribution in [2.45, 2.75) is 44.8 Å². The van der Waals surface area contributed by atoms with Crippen molar-refractivity contribution in [1.82, 2.24) is 14.3 Å². The molecule has 0 saturated carbocycles. The molecule has 2 heterocycles. The van der Waals surface area contributed by atoms with Crippen LogP contribution in [-0.2, 0) is 29.7 Å². The summed E-state index contributed by atoms with van der Waals surface area (Å²) >= 11 is 1.44. The number of aryl methyl sites for hydroxylation is 2. The molecule has 0 fully saturated rings. The molecule has 2 rings (SSSR count). The lowest BCUT2D eigenvalue weighted by Crippen LogP contribution is -2.22. The first-order valence-corrected chi connectivity index (χ1v) is 9.12. The van der Waals surface area contributed by atoms with E-state index in [0.29, 0.717) is 6.54 Å². The fourth-order valence-electron chi connectivity index (χ4n) is 2.03. The van der Waals surface area contributed by atoms with Gasteiger partial charge < -0.3 is 10.3 Å². The average molecular weight is 328 g/mol. The predicted molar refractivity (Wildman–Crippen MR) is 83.5 cm³/mol. The summed E-state index contributed by atoms with van der Waals surface area (Å²) in [6.07, 6.45) is 2.57. The van der Waals surface area contributed by atoms with E-state index in [1.54, 1.807) is 17.8 Å². The smallest absolute Gasteiger partial charge is 0.242 e. The quantitative estimate of drug-likeness (QED) is 0.808. The van der Waals surface area contributed by atoms with Crippen LogP contribution < -0.4 is 10.5 Å². The van der Waals surface area contributed by atoms with Gasteiger partial charge in [0.15, 0.2) is 0 Å². The molecule has 0 aliphatic carbocycles. The second-order valence-electron chi connectivity index (χ2n) is 4.75. The third-order valence-electron chi connectivity index (χ3n) is 3.21. The third-order valence-corrected chi connectivity index (χ3v) is 5.52. The van der Waals surface area contributed by atoms with Gasteiger partial charge in [0.25, 0.3) is 0 Å². The molecule has 0 aliphatic heterocycles. The number of thiazole rings is 1. The summed E-state index contributed by atoms with van der Waals surface area (Å²) < 4.78 is 29.2. The van der Waals surface area contributed by atoms with E-state index < -0.39 is 10.0 Å². The SMILES string of the molecule is CCCn1cc(S(=O)(=O)NCc2scnc2C)cc1CN. The molecule has 3 N–H and O–H groups in total. The number of aromatic nitrogens is 2. The largest absolute Gasteiger partial charge is 0.349 e. The van der Waals surface area contributed by atoms with Gasteiger partial charge in [-0.3, -0.25) is 0 Å². The van der Waals surface area contributed by atoms with Gasteiger partial charge in [0, 0.05) is 36.4 Å². The van der Waals surface area contributed by atoms with Gasteiger partial charge >= 0.3 is 0 Å². The Kier molecular flexibility index (Phi) is 5.15. The van der Waals surface area contributed by atoms with Crippen LogP contribution in [0.4, 0.5) is 0 Å². The summed E-state index contributed by atoms with van der Waals surface area (Å²) in [6, 6.07) is 1.64. The molecule has 0 saturated heterocycles. The van der Waals surface area contributed by atoms with Gasteiger partial charge in [-0.2, -0.15) is 0 Å². The zero-order chi connectivity index (χ0) is 15.5. The van der Waals surface area contributed by atoms with E-state index >= 15 is 0 Å². The summed E-state index contributed by atoms with van der Waals surface area (Å²) in [5.74, 6) is 0. The molecule has 0 bridgehead atoms. The van der Waals surface area contributed by atoms with Crippen LogP contribution in [0, 0.1) is 6.92 Å². The van der Waals surface area contributed by atoms with Crippen molar-refractivity contribution >= 4 is 21.4 Å². The van der Waals surface area contributed by atoms with E-state index in [4.69, 9.17) is 5.73 Å². The lowest BCUT2D eigenvalue weighted by molar-refractivity contribution is 0.580. The molecular weight excluding hydrogens is 308 g/mol. The van der Waals surface area contributed by atoms with Crippen molar-refractivity contribution in [3.8, 4) is 0 Å². The Hall–Kier alpha value is -1.22. The molecule has 0 unspecified atom stereocenters. The third kappa shape index (κ3) is 3.70. The van der Waals surface area contributed by atoms with Crippen LogP contribution in [0.25, 0.3) is 0 Å². The Morgan fingerprint density at radius 3 is 2.81 bits per heavy atom. The maximum absolute atomic E-state index is 12.3. The molecule has 6 nitrogen and oxygen atoms in total. The number of nitrogens with one attached hydrogen (secondary N) is 1. The second kappa shape index (κ2) is 6.69. The number of rotatable bonds is 7. The van der Waals surface area contributed by atoms with Crippen molar-refractivity contribution in [2.75, 3.05) is 0 Å². The minimum absolute atomic E-state index is 0.260. The van der Waals surface area contributed by atoms with Gasteiger partial charge in [0.1, 0.15) is 0 Å².